The summed E-state index contributed by atoms with van der Waals surface area (Å²) in [4.78, 5) is 2.13. The molecule has 124 valence electrons. The van der Waals surface area contributed by atoms with E-state index in [0.29, 0.717) is 11.6 Å². The van der Waals surface area contributed by atoms with Crippen molar-refractivity contribution < 1.29 is 9.84 Å². The van der Waals surface area contributed by atoms with Gasteiger partial charge in [0.25, 0.3) is 0 Å². The molecule has 23 heavy (non-hydrogen) atoms. The second-order valence-electron chi connectivity index (χ2n) is 5.68. The molecule has 0 saturated heterocycles. The molecule has 1 N–H and O–H groups in total. The minimum Gasteiger partial charge on any atom is -0.488 e. The lowest BCUT2D eigenvalue weighted by Gasteiger charge is -2.17. The summed E-state index contributed by atoms with van der Waals surface area (Å²) in [7, 11) is 4.08. The van der Waals surface area contributed by atoms with Gasteiger partial charge in [-0.05, 0) is 55.9 Å². The third-order valence-electron chi connectivity index (χ3n) is 3.50. The molecule has 0 fully saturated rings. The molecule has 2 rings (SSSR count). The van der Waals surface area contributed by atoms with E-state index < -0.39 is 0 Å². The van der Waals surface area contributed by atoms with Gasteiger partial charge in [0.1, 0.15) is 12.4 Å². The summed E-state index contributed by atoms with van der Waals surface area (Å²) in [6.07, 6.45) is 0.857. The number of halogens is 2. The van der Waals surface area contributed by atoms with Gasteiger partial charge in [0.2, 0.25) is 0 Å². The monoisotopic (exact) mass is 397 g/mol. The van der Waals surface area contributed by atoms with Crippen LogP contribution in [0.15, 0.2) is 40.9 Å². The first-order valence-electron chi connectivity index (χ1n) is 7.43. The van der Waals surface area contributed by atoms with E-state index in [0.717, 1.165) is 39.9 Å². The summed E-state index contributed by atoms with van der Waals surface area (Å²) in [5.41, 5.74) is 2.92. The van der Waals surface area contributed by atoms with E-state index in [2.05, 4.69) is 26.9 Å². The molecule has 2 aromatic rings. The van der Waals surface area contributed by atoms with Crippen LogP contribution in [0.3, 0.4) is 0 Å². The third kappa shape index (κ3) is 5.50. The molecule has 0 heterocycles. The van der Waals surface area contributed by atoms with Crippen LogP contribution in [0, 0.1) is 0 Å². The average molecular weight is 399 g/mol. The van der Waals surface area contributed by atoms with Crippen molar-refractivity contribution in [1.29, 1.82) is 0 Å². The van der Waals surface area contributed by atoms with E-state index in [1.54, 1.807) is 0 Å². The van der Waals surface area contributed by atoms with Crippen LogP contribution in [0.1, 0.15) is 16.7 Å². The van der Waals surface area contributed by atoms with Crippen LogP contribution < -0.4 is 4.74 Å². The molecule has 0 unspecified atom stereocenters. The zero-order valence-electron chi connectivity index (χ0n) is 13.4. The summed E-state index contributed by atoms with van der Waals surface area (Å²) >= 11 is 9.41. The second-order valence-corrected chi connectivity index (χ2v) is 7.03. The zero-order valence-corrected chi connectivity index (χ0v) is 15.7. The first-order valence-corrected chi connectivity index (χ1v) is 8.61. The first kappa shape index (κ1) is 18.3. The van der Waals surface area contributed by atoms with E-state index in [9.17, 15) is 5.11 Å². The van der Waals surface area contributed by atoms with Gasteiger partial charge in [-0.1, -0.05) is 39.7 Å². The summed E-state index contributed by atoms with van der Waals surface area (Å²) in [5, 5.41) is 10.4. The lowest BCUT2D eigenvalue weighted by Crippen LogP contribution is -2.16. The molecule has 0 saturated carbocycles. The van der Waals surface area contributed by atoms with Crippen LogP contribution >= 0.6 is 27.5 Å². The zero-order chi connectivity index (χ0) is 16.8. The number of ether oxygens (including phenoxy) is 1. The number of aliphatic hydroxyl groups excluding tert-OH is 1. The summed E-state index contributed by atoms with van der Waals surface area (Å²) in [6, 6.07) is 11.5. The molecule has 0 aliphatic carbocycles. The second kappa shape index (κ2) is 8.69. The maximum absolute atomic E-state index is 9.65. The Balaban J connectivity index is 2.21. The topological polar surface area (TPSA) is 32.7 Å². The van der Waals surface area contributed by atoms with E-state index in [1.807, 2.05) is 44.4 Å². The Morgan fingerprint density at radius 2 is 1.78 bits per heavy atom. The van der Waals surface area contributed by atoms with Crippen molar-refractivity contribution >= 4 is 27.5 Å². The fourth-order valence-electron chi connectivity index (χ4n) is 2.28. The summed E-state index contributed by atoms with van der Waals surface area (Å²) < 4.78 is 6.98. The summed E-state index contributed by atoms with van der Waals surface area (Å²) in [5.74, 6) is 0.771. The standard InChI is InChI=1S/C18H21BrClNO2/c1-21(2)8-7-14-9-16(19)10-15(11-22)18(14)23-12-13-3-5-17(20)6-4-13/h3-6,9-10,22H,7-8,11-12H2,1-2H3. The van der Waals surface area contributed by atoms with Crippen molar-refractivity contribution in [3.05, 3.63) is 62.6 Å². The Labute approximate surface area is 151 Å². The van der Waals surface area contributed by atoms with Crippen LogP contribution in [0.5, 0.6) is 5.75 Å². The molecule has 0 spiro atoms. The molecule has 2 aromatic carbocycles. The van der Waals surface area contributed by atoms with Gasteiger partial charge in [-0.2, -0.15) is 0 Å². The molecule has 0 aliphatic rings. The summed E-state index contributed by atoms with van der Waals surface area (Å²) in [6.45, 7) is 1.31. The average Bonchev–Trinajstić information content (AvgIpc) is 2.52. The maximum Gasteiger partial charge on any atom is 0.128 e. The van der Waals surface area contributed by atoms with Crippen molar-refractivity contribution in [2.24, 2.45) is 0 Å². The largest absolute Gasteiger partial charge is 0.488 e. The number of aliphatic hydroxyl groups is 1. The van der Waals surface area contributed by atoms with Gasteiger partial charge in [-0.3, -0.25) is 0 Å². The Hall–Kier alpha value is -1.07. The SMILES string of the molecule is CN(C)CCc1cc(Br)cc(CO)c1OCc1ccc(Cl)cc1. The third-order valence-corrected chi connectivity index (χ3v) is 4.21. The Bertz CT molecular complexity index is 644. The lowest BCUT2D eigenvalue weighted by atomic mass is 10.1. The molecule has 0 radical (unpaired) electrons. The predicted molar refractivity (Wildman–Crippen MR) is 98.1 cm³/mol. The van der Waals surface area contributed by atoms with E-state index >= 15 is 0 Å². The Kier molecular flexibility index (Phi) is 6.90. The van der Waals surface area contributed by atoms with Gasteiger partial charge in [0.15, 0.2) is 0 Å². The quantitative estimate of drug-likeness (QED) is 0.755. The molecular weight excluding hydrogens is 378 g/mol. The molecule has 3 nitrogen and oxygen atoms in total. The molecule has 0 aromatic heterocycles. The highest BCUT2D eigenvalue weighted by Crippen LogP contribution is 2.30. The molecule has 0 atom stereocenters. The van der Waals surface area contributed by atoms with Crippen molar-refractivity contribution in [3.63, 3.8) is 0 Å². The van der Waals surface area contributed by atoms with Gasteiger partial charge in [-0.25, -0.2) is 0 Å². The highest BCUT2D eigenvalue weighted by Gasteiger charge is 2.12. The minimum absolute atomic E-state index is 0.0512. The fraction of sp³-hybridized carbons (Fsp3) is 0.333. The van der Waals surface area contributed by atoms with Gasteiger partial charge in [0.05, 0.1) is 6.61 Å². The molecule has 0 aliphatic heterocycles. The highest BCUT2D eigenvalue weighted by atomic mass is 79.9. The number of likely N-dealkylation sites (N-methyl/N-ethyl adjacent to an activating group) is 1. The van der Waals surface area contributed by atoms with Gasteiger partial charge >= 0.3 is 0 Å². The Morgan fingerprint density at radius 1 is 1.13 bits per heavy atom. The van der Waals surface area contributed by atoms with Gasteiger partial charge in [-0.15, -0.1) is 0 Å². The number of hydrogen-bond acceptors (Lipinski definition) is 3. The normalized spacial score (nSPS) is 11.0. The minimum atomic E-state index is -0.0512. The lowest BCUT2D eigenvalue weighted by molar-refractivity contribution is 0.257. The number of hydrogen-bond donors (Lipinski definition) is 1. The van der Waals surface area contributed by atoms with Crippen molar-refractivity contribution in [2.75, 3.05) is 20.6 Å². The smallest absolute Gasteiger partial charge is 0.128 e. The molecule has 0 amide bonds. The van der Waals surface area contributed by atoms with Crippen LogP contribution in [-0.2, 0) is 19.6 Å². The van der Waals surface area contributed by atoms with Crippen LogP contribution in [0.25, 0.3) is 0 Å². The van der Waals surface area contributed by atoms with Crippen LogP contribution in [-0.4, -0.2) is 30.6 Å². The van der Waals surface area contributed by atoms with Gasteiger partial charge in [0, 0.05) is 21.6 Å². The highest BCUT2D eigenvalue weighted by molar-refractivity contribution is 9.10. The fourth-order valence-corrected chi connectivity index (χ4v) is 2.96. The molecule has 0 bridgehead atoms. The van der Waals surface area contributed by atoms with Crippen molar-refractivity contribution in [3.8, 4) is 5.75 Å². The van der Waals surface area contributed by atoms with E-state index in [1.165, 1.54) is 0 Å². The number of rotatable bonds is 7. The van der Waals surface area contributed by atoms with Crippen molar-refractivity contribution in [1.82, 2.24) is 4.90 Å². The van der Waals surface area contributed by atoms with Crippen LogP contribution in [0.4, 0.5) is 0 Å². The molecule has 5 heteroatoms. The Morgan fingerprint density at radius 3 is 2.39 bits per heavy atom. The van der Waals surface area contributed by atoms with Crippen molar-refractivity contribution in [2.45, 2.75) is 19.6 Å². The van der Waals surface area contributed by atoms with Crippen LogP contribution in [0.2, 0.25) is 5.02 Å². The van der Waals surface area contributed by atoms with E-state index in [4.69, 9.17) is 16.3 Å². The predicted octanol–water partition coefficient (Wildman–Crippen LogP) is 4.28. The maximum atomic E-state index is 9.65. The molecular formula is C18H21BrClNO2. The number of nitrogens with zero attached hydrogens (tertiary/aromatic N) is 1. The van der Waals surface area contributed by atoms with E-state index in [-0.39, 0.29) is 6.61 Å². The number of benzene rings is 2. The van der Waals surface area contributed by atoms with Gasteiger partial charge < -0.3 is 14.7 Å². The first-order chi connectivity index (χ1) is 11.0.